The second kappa shape index (κ2) is 7.35. The zero-order valence-corrected chi connectivity index (χ0v) is 16.3. The molecule has 7 nitrogen and oxygen atoms in total. The number of rotatable bonds is 3. The number of fused-ring (bicyclic) bond motifs is 2. The van der Waals surface area contributed by atoms with Crippen molar-refractivity contribution in [3.8, 4) is 11.4 Å². The van der Waals surface area contributed by atoms with Crippen LogP contribution in [0.2, 0.25) is 5.02 Å². The molecule has 0 atom stereocenters. The number of hydrogen-bond donors (Lipinski definition) is 1. The molecule has 3 aromatic heterocycles. The summed E-state index contributed by atoms with van der Waals surface area (Å²) in [6.45, 7) is 2.62. The Balaban J connectivity index is 1.50. The number of nitrogens with one attached hydrogen (secondary N) is 1. The highest BCUT2D eigenvalue weighted by Crippen LogP contribution is 2.35. The van der Waals surface area contributed by atoms with E-state index in [4.69, 9.17) is 16.3 Å². The molecule has 0 unspecified atom stereocenters. The molecule has 0 amide bonds. The number of ether oxygens (including phenoxy) is 1. The van der Waals surface area contributed by atoms with Crippen LogP contribution in [0.1, 0.15) is 11.1 Å². The quantitative estimate of drug-likeness (QED) is 0.564. The molecular formula is C21H18ClN5O2. The third-order valence-corrected chi connectivity index (χ3v) is 5.34. The van der Waals surface area contributed by atoms with Crippen LogP contribution in [0.4, 0.5) is 0 Å². The molecule has 5 rings (SSSR count). The van der Waals surface area contributed by atoms with Crippen LogP contribution in [0.15, 0.2) is 60.0 Å². The second-order valence-corrected chi connectivity index (χ2v) is 7.43. The maximum atomic E-state index is 11.2. The number of aromatic nitrogens is 4. The number of aromatic amines is 1. The minimum Gasteiger partial charge on any atom is -0.490 e. The average Bonchev–Trinajstić information content (AvgIpc) is 3.04. The first-order chi connectivity index (χ1) is 14.2. The summed E-state index contributed by atoms with van der Waals surface area (Å²) in [6.07, 6.45) is 8.96. The van der Waals surface area contributed by atoms with Gasteiger partial charge in [0.15, 0.2) is 0 Å². The number of hydrogen-bond acceptors (Lipinski definition) is 5. The lowest BCUT2D eigenvalue weighted by molar-refractivity contribution is 0.219. The van der Waals surface area contributed by atoms with Gasteiger partial charge in [0.05, 0.1) is 16.7 Å². The average molecular weight is 408 g/mol. The highest BCUT2D eigenvalue weighted by molar-refractivity contribution is 6.32. The van der Waals surface area contributed by atoms with Gasteiger partial charge in [0.25, 0.3) is 0 Å². The first-order valence-corrected chi connectivity index (χ1v) is 9.68. The molecule has 1 aliphatic heterocycles. The molecule has 0 saturated carbocycles. The van der Waals surface area contributed by atoms with Gasteiger partial charge in [0.2, 0.25) is 0 Å². The van der Waals surface area contributed by atoms with Gasteiger partial charge in [-0.15, -0.1) is 0 Å². The van der Waals surface area contributed by atoms with Gasteiger partial charge in [-0.1, -0.05) is 11.6 Å². The summed E-state index contributed by atoms with van der Waals surface area (Å²) in [5, 5.41) is 1.71. The molecule has 1 N–H and O–H groups in total. The molecule has 0 saturated heterocycles. The summed E-state index contributed by atoms with van der Waals surface area (Å²) >= 11 is 6.59. The largest absolute Gasteiger partial charge is 0.490 e. The maximum absolute atomic E-state index is 11.2. The van der Waals surface area contributed by atoms with Crippen LogP contribution in [0, 0.1) is 0 Å². The molecule has 4 aromatic rings. The molecule has 0 fully saturated rings. The number of nitrogens with zero attached hydrogens (tertiary/aromatic N) is 4. The van der Waals surface area contributed by atoms with Crippen LogP contribution >= 0.6 is 11.6 Å². The summed E-state index contributed by atoms with van der Waals surface area (Å²) in [5.74, 6) is 0.729. The Labute approximate surface area is 171 Å². The fourth-order valence-corrected chi connectivity index (χ4v) is 3.99. The lowest BCUT2D eigenvalue weighted by atomic mass is 10.1. The van der Waals surface area contributed by atoms with Gasteiger partial charge >= 0.3 is 5.69 Å². The van der Waals surface area contributed by atoms with Crippen LogP contribution in [0.3, 0.4) is 0 Å². The van der Waals surface area contributed by atoms with Crippen molar-refractivity contribution < 1.29 is 4.74 Å². The normalized spacial score (nSPS) is 14.4. The van der Waals surface area contributed by atoms with Crippen LogP contribution in [0.25, 0.3) is 16.6 Å². The molecule has 0 bridgehead atoms. The van der Waals surface area contributed by atoms with Crippen molar-refractivity contribution >= 4 is 22.5 Å². The lowest BCUT2D eigenvalue weighted by Gasteiger charge is -2.19. The van der Waals surface area contributed by atoms with Crippen molar-refractivity contribution in [3.63, 3.8) is 0 Å². The Kier molecular flexibility index (Phi) is 4.54. The van der Waals surface area contributed by atoms with Crippen molar-refractivity contribution in [1.29, 1.82) is 0 Å². The lowest BCUT2D eigenvalue weighted by Crippen LogP contribution is -2.26. The van der Waals surface area contributed by atoms with Crippen LogP contribution in [-0.4, -0.2) is 37.6 Å². The number of benzene rings is 1. The Morgan fingerprint density at radius 3 is 3.03 bits per heavy atom. The van der Waals surface area contributed by atoms with Crippen LogP contribution < -0.4 is 10.4 Å². The Morgan fingerprint density at radius 2 is 2.17 bits per heavy atom. The molecule has 1 aromatic carbocycles. The number of halogens is 1. The van der Waals surface area contributed by atoms with Crippen molar-refractivity contribution in [2.75, 3.05) is 13.2 Å². The first kappa shape index (κ1) is 17.9. The van der Waals surface area contributed by atoms with E-state index in [9.17, 15) is 4.79 Å². The van der Waals surface area contributed by atoms with E-state index in [1.807, 2.05) is 24.5 Å². The Morgan fingerprint density at radius 1 is 1.24 bits per heavy atom. The minimum absolute atomic E-state index is 0.344. The van der Waals surface area contributed by atoms with E-state index in [0.29, 0.717) is 24.7 Å². The Hall–Kier alpha value is -3.16. The number of H-pyrrole nitrogens is 1. The fourth-order valence-electron chi connectivity index (χ4n) is 3.70. The van der Waals surface area contributed by atoms with Crippen molar-refractivity contribution in [1.82, 2.24) is 24.4 Å². The molecule has 146 valence electrons. The van der Waals surface area contributed by atoms with E-state index >= 15 is 0 Å². The molecule has 0 spiro atoms. The third kappa shape index (κ3) is 3.50. The van der Waals surface area contributed by atoms with Crippen molar-refractivity contribution in [2.24, 2.45) is 0 Å². The smallest absolute Gasteiger partial charge is 0.344 e. The van der Waals surface area contributed by atoms with Crippen LogP contribution in [0.5, 0.6) is 5.75 Å². The number of pyridine rings is 1. The highest BCUT2D eigenvalue weighted by Gasteiger charge is 2.20. The van der Waals surface area contributed by atoms with E-state index in [-0.39, 0.29) is 5.69 Å². The zero-order valence-electron chi connectivity index (χ0n) is 15.5. The van der Waals surface area contributed by atoms with E-state index < -0.39 is 0 Å². The predicted molar refractivity (Wildman–Crippen MR) is 111 cm³/mol. The summed E-state index contributed by atoms with van der Waals surface area (Å²) in [5.41, 5.74) is 3.61. The van der Waals surface area contributed by atoms with Gasteiger partial charge in [0, 0.05) is 66.6 Å². The maximum Gasteiger partial charge on any atom is 0.344 e. The van der Waals surface area contributed by atoms with E-state index in [2.05, 4.69) is 36.6 Å². The van der Waals surface area contributed by atoms with Crippen LogP contribution in [-0.2, 0) is 13.1 Å². The molecule has 0 aliphatic carbocycles. The van der Waals surface area contributed by atoms with E-state index in [1.54, 1.807) is 18.6 Å². The van der Waals surface area contributed by atoms with Gasteiger partial charge in [-0.3, -0.25) is 9.88 Å². The molecule has 0 radical (unpaired) electrons. The predicted octanol–water partition coefficient (Wildman–Crippen LogP) is 3.16. The van der Waals surface area contributed by atoms with Gasteiger partial charge in [0.1, 0.15) is 12.4 Å². The van der Waals surface area contributed by atoms with Gasteiger partial charge in [-0.2, -0.15) is 0 Å². The standard InChI is InChI=1S/C21H18ClN5O2/c22-18-8-17(27-4-2-15-1-3-23-11-19(15)27)7-16-13-26(5-6-29-20(16)18)12-14-9-24-21(28)25-10-14/h1-4,7-11H,5-6,12-13H2,(H,24,25,28). The monoisotopic (exact) mass is 407 g/mol. The SMILES string of the molecule is O=c1ncc(CN2CCOc3c(Cl)cc(-n4ccc5ccncc54)cc3C2)c[nH]1. The van der Waals surface area contributed by atoms with Gasteiger partial charge in [-0.25, -0.2) is 9.78 Å². The summed E-state index contributed by atoms with van der Waals surface area (Å²) in [6, 6.07) is 8.08. The zero-order chi connectivity index (χ0) is 19.8. The summed E-state index contributed by atoms with van der Waals surface area (Å²) in [7, 11) is 0. The van der Waals surface area contributed by atoms with E-state index in [0.717, 1.165) is 40.0 Å². The summed E-state index contributed by atoms with van der Waals surface area (Å²) < 4.78 is 8.04. The molecule has 1 aliphatic rings. The molecule has 29 heavy (non-hydrogen) atoms. The minimum atomic E-state index is -0.344. The molecular weight excluding hydrogens is 390 g/mol. The fraction of sp³-hybridized carbons (Fsp3) is 0.190. The summed E-state index contributed by atoms with van der Waals surface area (Å²) in [4.78, 5) is 24.1. The second-order valence-electron chi connectivity index (χ2n) is 7.02. The third-order valence-electron chi connectivity index (χ3n) is 5.06. The van der Waals surface area contributed by atoms with Gasteiger partial charge < -0.3 is 14.3 Å². The Bertz CT molecular complexity index is 1230. The van der Waals surface area contributed by atoms with E-state index in [1.165, 1.54) is 0 Å². The van der Waals surface area contributed by atoms with Gasteiger partial charge in [-0.05, 0) is 24.3 Å². The first-order valence-electron chi connectivity index (χ1n) is 9.30. The molecule has 4 heterocycles. The van der Waals surface area contributed by atoms with Crippen molar-refractivity contribution in [2.45, 2.75) is 13.1 Å². The highest BCUT2D eigenvalue weighted by atomic mass is 35.5. The van der Waals surface area contributed by atoms with Crippen molar-refractivity contribution in [3.05, 3.63) is 81.9 Å². The molecule has 8 heteroatoms. The topological polar surface area (TPSA) is 76.0 Å².